The summed E-state index contributed by atoms with van der Waals surface area (Å²) in [5.41, 5.74) is 2.11. The van der Waals surface area contributed by atoms with Crippen molar-refractivity contribution < 1.29 is 22.8 Å². The molecule has 0 aromatic rings. The van der Waals surface area contributed by atoms with E-state index in [0.29, 0.717) is 0 Å². The topological polar surface area (TPSA) is 119 Å². The number of rotatable bonds is 2. The van der Waals surface area contributed by atoms with Gasteiger partial charge in [0.05, 0.1) is 0 Å². The lowest BCUT2D eigenvalue weighted by molar-refractivity contribution is -0.135. The molecule has 0 aliphatic carbocycles. The summed E-state index contributed by atoms with van der Waals surface area (Å²) in [6.45, 7) is -0.0268. The molecule has 90 valence electrons. The summed E-state index contributed by atoms with van der Waals surface area (Å²) in [6.07, 6.45) is -0.178. The van der Waals surface area contributed by atoms with Gasteiger partial charge in [-0.05, 0) is 0 Å². The summed E-state index contributed by atoms with van der Waals surface area (Å²) < 4.78 is 22.2. The molecule has 16 heavy (non-hydrogen) atoms. The van der Waals surface area contributed by atoms with Gasteiger partial charge in [0.15, 0.2) is 0 Å². The number of likely N-dealkylation sites (tertiary alicyclic amines) is 1. The van der Waals surface area contributed by atoms with E-state index in [4.69, 9.17) is 5.14 Å². The van der Waals surface area contributed by atoms with Crippen LogP contribution in [0.4, 0.5) is 0 Å². The molecule has 0 aromatic heterocycles. The Balaban J connectivity index is 2.14. The first kappa shape index (κ1) is 11.3. The molecule has 0 saturated carbocycles. The molecule has 0 spiro atoms. The van der Waals surface area contributed by atoms with Crippen molar-refractivity contribution in [3.8, 4) is 0 Å². The zero-order chi connectivity index (χ0) is 11.9. The predicted molar refractivity (Wildman–Crippen MR) is 51.1 cm³/mol. The number of sulfonamides is 1. The van der Waals surface area contributed by atoms with E-state index in [1.165, 1.54) is 4.90 Å². The molecule has 9 heteroatoms. The standard InChI is InChI=1S/C7H11N3O5S/c8-16(13,14)4-1-6(11)10(2-4)5-3-15-9-7(5)12/h4-5H,1-3H2,(H,9,12)(H2,8,13,14)/t4?,5-/m0/s1. The van der Waals surface area contributed by atoms with Crippen molar-refractivity contribution in [3.63, 3.8) is 0 Å². The number of nitrogens with two attached hydrogens (primary N) is 1. The monoisotopic (exact) mass is 249 g/mol. The molecule has 0 aromatic carbocycles. The predicted octanol–water partition coefficient (Wildman–Crippen LogP) is -2.69. The molecule has 2 heterocycles. The Morgan fingerprint density at radius 2 is 2.12 bits per heavy atom. The van der Waals surface area contributed by atoms with E-state index < -0.39 is 33.1 Å². The highest BCUT2D eigenvalue weighted by molar-refractivity contribution is 7.89. The van der Waals surface area contributed by atoms with Crippen molar-refractivity contribution in [3.05, 3.63) is 0 Å². The molecule has 2 aliphatic heterocycles. The van der Waals surface area contributed by atoms with Crippen LogP contribution in [0.3, 0.4) is 0 Å². The normalized spacial score (nSPS) is 30.9. The molecule has 1 unspecified atom stereocenters. The van der Waals surface area contributed by atoms with Gasteiger partial charge >= 0.3 is 0 Å². The Morgan fingerprint density at radius 3 is 2.56 bits per heavy atom. The second-order valence-corrected chi connectivity index (χ2v) is 5.60. The average molecular weight is 249 g/mol. The van der Waals surface area contributed by atoms with Crippen LogP contribution in [-0.4, -0.2) is 49.6 Å². The Hall–Kier alpha value is -1.19. The van der Waals surface area contributed by atoms with Crippen LogP contribution in [0.1, 0.15) is 6.42 Å². The minimum absolute atomic E-state index is 0.0297. The first-order valence-corrected chi connectivity index (χ1v) is 6.23. The number of carbonyl (C=O) groups is 2. The number of hydrogen-bond donors (Lipinski definition) is 2. The molecule has 2 atom stereocenters. The molecular weight excluding hydrogens is 238 g/mol. The number of hydroxylamine groups is 1. The van der Waals surface area contributed by atoms with Crippen LogP contribution in [0.25, 0.3) is 0 Å². The van der Waals surface area contributed by atoms with Gasteiger partial charge in [0.1, 0.15) is 17.9 Å². The number of nitrogens with one attached hydrogen (secondary N) is 1. The first-order valence-electron chi connectivity index (χ1n) is 4.62. The van der Waals surface area contributed by atoms with E-state index in [1.54, 1.807) is 0 Å². The fraction of sp³-hybridized carbons (Fsp3) is 0.714. The summed E-state index contributed by atoms with van der Waals surface area (Å²) in [6, 6.07) is -0.751. The molecule has 2 aliphatic rings. The van der Waals surface area contributed by atoms with Crippen LogP contribution in [0.2, 0.25) is 0 Å². The number of hydrogen-bond acceptors (Lipinski definition) is 5. The largest absolute Gasteiger partial charge is 0.327 e. The zero-order valence-electron chi connectivity index (χ0n) is 8.25. The van der Waals surface area contributed by atoms with Crippen LogP contribution in [0.5, 0.6) is 0 Å². The third-order valence-electron chi connectivity index (χ3n) is 2.68. The lowest BCUT2D eigenvalue weighted by atomic mass is 10.3. The van der Waals surface area contributed by atoms with E-state index in [0.717, 1.165) is 0 Å². The van der Waals surface area contributed by atoms with Gasteiger partial charge < -0.3 is 4.90 Å². The lowest BCUT2D eigenvalue weighted by Crippen LogP contribution is -2.44. The van der Waals surface area contributed by atoms with E-state index >= 15 is 0 Å². The molecule has 0 radical (unpaired) electrons. The molecule has 3 N–H and O–H groups in total. The van der Waals surface area contributed by atoms with Crippen molar-refractivity contribution in [1.82, 2.24) is 10.4 Å². The number of amides is 2. The van der Waals surface area contributed by atoms with Crippen LogP contribution < -0.4 is 10.6 Å². The van der Waals surface area contributed by atoms with Crippen LogP contribution in [-0.2, 0) is 24.4 Å². The Morgan fingerprint density at radius 1 is 1.44 bits per heavy atom. The van der Waals surface area contributed by atoms with Crippen molar-refractivity contribution in [2.75, 3.05) is 13.2 Å². The smallest absolute Gasteiger partial charge is 0.268 e. The third kappa shape index (κ3) is 1.88. The van der Waals surface area contributed by atoms with Crippen molar-refractivity contribution in [1.29, 1.82) is 0 Å². The summed E-state index contributed by atoms with van der Waals surface area (Å²) >= 11 is 0. The Labute approximate surface area is 91.7 Å². The van der Waals surface area contributed by atoms with Gasteiger partial charge in [0.25, 0.3) is 5.91 Å². The molecule has 2 amide bonds. The fourth-order valence-electron chi connectivity index (χ4n) is 1.79. The highest BCUT2D eigenvalue weighted by Crippen LogP contribution is 2.20. The Bertz CT molecular complexity index is 433. The third-order valence-corrected chi connectivity index (χ3v) is 3.93. The average Bonchev–Trinajstić information content (AvgIpc) is 2.70. The minimum atomic E-state index is -3.75. The number of carbonyl (C=O) groups excluding carboxylic acids is 2. The highest BCUT2D eigenvalue weighted by atomic mass is 32.2. The van der Waals surface area contributed by atoms with E-state index in [9.17, 15) is 18.0 Å². The maximum absolute atomic E-state index is 11.5. The summed E-state index contributed by atoms with van der Waals surface area (Å²) in [5.74, 6) is -0.840. The fourth-order valence-corrected chi connectivity index (χ4v) is 2.53. The molecule has 2 saturated heterocycles. The van der Waals surface area contributed by atoms with Crippen molar-refractivity contribution in [2.45, 2.75) is 17.7 Å². The van der Waals surface area contributed by atoms with Crippen LogP contribution in [0, 0.1) is 0 Å². The Kier molecular flexibility index (Phi) is 2.60. The van der Waals surface area contributed by atoms with Crippen molar-refractivity contribution in [2.24, 2.45) is 5.14 Å². The maximum atomic E-state index is 11.5. The lowest BCUT2D eigenvalue weighted by Gasteiger charge is -2.19. The second-order valence-electron chi connectivity index (χ2n) is 3.75. The summed E-state index contributed by atoms with van der Waals surface area (Å²) in [4.78, 5) is 28.7. The molecule has 0 bridgehead atoms. The molecular formula is C7H11N3O5S. The SMILES string of the molecule is NS(=O)(=O)C1CC(=O)N([C@H]2CONC2=O)C1. The van der Waals surface area contributed by atoms with E-state index in [2.05, 4.69) is 10.3 Å². The minimum Gasteiger partial charge on any atom is -0.327 e. The number of nitrogens with zero attached hydrogens (tertiary/aromatic N) is 1. The van der Waals surface area contributed by atoms with Gasteiger partial charge in [0, 0.05) is 13.0 Å². The zero-order valence-corrected chi connectivity index (χ0v) is 9.07. The number of primary sulfonamides is 1. The van der Waals surface area contributed by atoms with Gasteiger partial charge in [0.2, 0.25) is 15.9 Å². The van der Waals surface area contributed by atoms with Gasteiger partial charge in [-0.3, -0.25) is 14.4 Å². The van der Waals surface area contributed by atoms with E-state index in [1.807, 2.05) is 0 Å². The quantitative estimate of drug-likeness (QED) is 0.552. The molecule has 8 nitrogen and oxygen atoms in total. The van der Waals surface area contributed by atoms with Gasteiger partial charge in [-0.25, -0.2) is 19.0 Å². The summed E-state index contributed by atoms with van der Waals surface area (Å²) in [5, 5.41) is 4.02. The van der Waals surface area contributed by atoms with Gasteiger partial charge in [-0.1, -0.05) is 0 Å². The molecule has 2 fully saturated rings. The first-order chi connectivity index (χ1) is 7.39. The van der Waals surface area contributed by atoms with E-state index in [-0.39, 0.29) is 19.6 Å². The van der Waals surface area contributed by atoms with Gasteiger partial charge in [-0.2, -0.15) is 0 Å². The summed E-state index contributed by atoms with van der Waals surface area (Å²) in [7, 11) is -3.75. The maximum Gasteiger partial charge on any atom is 0.268 e. The molecule has 2 rings (SSSR count). The highest BCUT2D eigenvalue weighted by Gasteiger charge is 2.43. The van der Waals surface area contributed by atoms with Crippen LogP contribution in [0.15, 0.2) is 0 Å². The van der Waals surface area contributed by atoms with Gasteiger partial charge in [-0.15, -0.1) is 0 Å². The van der Waals surface area contributed by atoms with Crippen molar-refractivity contribution >= 4 is 21.8 Å². The second kappa shape index (κ2) is 3.68. The van der Waals surface area contributed by atoms with Crippen LogP contribution >= 0.6 is 0 Å².